The number of aromatic nitrogens is 1. The molecule has 7 heteroatoms. The van der Waals surface area contributed by atoms with Crippen LogP contribution in [0, 0.1) is 0 Å². The molecule has 1 aromatic carbocycles. The highest BCUT2D eigenvalue weighted by Crippen LogP contribution is 2.23. The third-order valence-electron chi connectivity index (χ3n) is 6.30. The molecule has 2 aromatic rings. The zero-order valence-corrected chi connectivity index (χ0v) is 20.6. The Morgan fingerprint density at radius 2 is 1.81 bits per heavy atom. The Hall–Kier alpha value is -1.28. The van der Waals surface area contributed by atoms with Crippen LogP contribution in [-0.4, -0.2) is 62.0 Å². The first-order valence-corrected chi connectivity index (χ1v) is 14.1. The number of nitrogens with zero attached hydrogens (tertiary/aromatic N) is 3. The van der Waals surface area contributed by atoms with Crippen LogP contribution < -0.4 is 0 Å². The van der Waals surface area contributed by atoms with Gasteiger partial charge in [0.25, 0.3) is 0 Å². The summed E-state index contributed by atoms with van der Waals surface area (Å²) in [7, 11) is -3.50. The van der Waals surface area contributed by atoms with Gasteiger partial charge in [0.2, 0.25) is 14.2 Å². The predicted octanol–water partition coefficient (Wildman–Crippen LogP) is 4.89. The monoisotopic (exact) mass is 463 g/mol. The molecule has 1 aromatic heterocycles. The second-order valence-electron chi connectivity index (χ2n) is 8.59. The second kappa shape index (κ2) is 12.1. The summed E-state index contributed by atoms with van der Waals surface area (Å²) in [4.78, 5) is 9.47. The molecule has 1 aliphatic heterocycles. The molecule has 0 amide bonds. The lowest BCUT2D eigenvalue weighted by molar-refractivity contribution is 0.206. The summed E-state index contributed by atoms with van der Waals surface area (Å²) in [5, 5.41) is 1.69. The number of hydrogen-bond acceptors (Lipinski definition) is 6. The summed E-state index contributed by atoms with van der Waals surface area (Å²) in [6, 6.07) is 7.77. The van der Waals surface area contributed by atoms with Crippen molar-refractivity contribution in [2.75, 3.05) is 32.7 Å². The van der Waals surface area contributed by atoms with Gasteiger partial charge in [0.05, 0.1) is 4.90 Å². The van der Waals surface area contributed by atoms with Gasteiger partial charge in [-0.1, -0.05) is 31.9 Å². The van der Waals surface area contributed by atoms with Gasteiger partial charge in [-0.3, -0.25) is 0 Å². The quantitative estimate of drug-likeness (QED) is 0.444. The van der Waals surface area contributed by atoms with Gasteiger partial charge in [0.15, 0.2) is 0 Å². The average molecular weight is 464 g/mol. The lowest BCUT2D eigenvalue weighted by Crippen LogP contribution is -2.35. The molecule has 2 heterocycles. The summed E-state index contributed by atoms with van der Waals surface area (Å²) >= 11 is 1.16. The van der Waals surface area contributed by atoms with Crippen molar-refractivity contribution in [2.24, 2.45) is 0 Å². The third kappa shape index (κ3) is 7.11. The maximum atomic E-state index is 12.6. The summed E-state index contributed by atoms with van der Waals surface area (Å²) in [6.45, 7) is 10.5. The van der Waals surface area contributed by atoms with Crippen LogP contribution in [0.4, 0.5) is 0 Å². The predicted molar refractivity (Wildman–Crippen MR) is 129 cm³/mol. The van der Waals surface area contributed by atoms with E-state index in [4.69, 9.17) is 0 Å². The van der Waals surface area contributed by atoms with Crippen molar-refractivity contribution < 1.29 is 8.42 Å². The molecule has 3 rings (SSSR count). The fourth-order valence-electron chi connectivity index (χ4n) is 4.42. The van der Waals surface area contributed by atoms with Gasteiger partial charge in [0, 0.05) is 17.6 Å². The maximum absolute atomic E-state index is 12.6. The number of benzene rings is 1. The second-order valence-corrected chi connectivity index (χ2v) is 11.6. The molecule has 31 heavy (non-hydrogen) atoms. The first-order valence-electron chi connectivity index (χ1n) is 11.7. The van der Waals surface area contributed by atoms with Crippen molar-refractivity contribution >= 4 is 21.2 Å². The minimum absolute atomic E-state index is 0.158. The van der Waals surface area contributed by atoms with Crippen molar-refractivity contribution in [3.05, 3.63) is 41.4 Å². The summed E-state index contributed by atoms with van der Waals surface area (Å²) in [6.07, 6.45) is 10.5. The maximum Gasteiger partial charge on any atom is 0.233 e. The van der Waals surface area contributed by atoms with Crippen molar-refractivity contribution in [3.8, 4) is 0 Å². The Morgan fingerprint density at radius 1 is 1.10 bits per heavy atom. The van der Waals surface area contributed by atoms with Gasteiger partial charge < -0.3 is 9.80 Å². The molecule has 172 valence electrons. The smallest absolute Gasteiger partial charge is 0.233 e. The van der Waals surface area contributed by atoms with Crippen LogP contribution in [-0.2, 0) is 16.3 Å². The molecule has 0 aliphatic carbocycles. The highest BCUT2D eigenvalue weighted by Gasteiger charge is 2.20. The van der Waals surface area contributed by atoms with Crippen LogP contribution in [0.3, 0.4) is 0 Å². The van der Waals surface area contributed by atoms with Gasteiger partial charge in [-0.2, -0.15) is 0 Å². The van der Waals surface area contributed by atoms with Gasteiger partial charge in [-0.15, -0.1) is 11.3 Å². The zero-order chi connectivity index (χ0) is 22.1. The molecule has 0 bridgehead atoms. The fraction of sp³-hybridized carbons (Fsp3) is 0.625. The van der Waals surface area contributed by atoms with Gasteiger partial charge in [-0.25, -0.2) is 13.4 Å². The molecular formula is C24H37N3O2S2. The highest BCUT2D eigenvalue weighted by molar-refractivity contribution is 7.93. The van der Waals surface area contributed by atoms with E-state index in [0.717, 1.165) is 30.8 Å². The van der Waals surface area contributed by atoms with E-state index in [1.54, 1.807) is 17.5 Å². The number of likely N-dealkylation sites (N-methyl/N-ethyl adjacent to an activating group) is 1. The first-order chi connectivity index (χ1) is 15.0. The lowest BCUT2D eigenvalue weighted by Gasteiger charge is -2.28. The van der Waals surface area contributed by atoms with Gasteiger partial charge in [-0.05, 0) is 89.4 Å². The zero-order valence-electron chi connectivity index (χ0n) is 19.0. The first kappa shape index (κ1) is 24.4. The van der Waals surface area contributed by atoms with E-state index in [-0.39, 0.29) is 4.34 Å². The highest BCUT2D eigenvalue weighted by atomic mass is 32.2. The van der Waals surface area contributed by atoms with E-state index in [1.165, 1.54) is 69.9 Å². The molecule has 1 fully saturated rings. The van der Waals surface area contributed by atoms with Crippen LogP contribution in [0.1, 0.15) is 57.9 Å². The standard InChI is InChI=1S/C24H37N3O2S2/c1-3-27(18-9-8-17-26-15-6-4-5-7-16-26)21(2)20-22-10-12-23(13-11-22)31(28,29)24-25-14-19-30-24/h10-14,19,21H,3-9,15-18,20H2,1-2H3. The topological polar surface area (TPSA) is 53.5 Å². The van der Waals surface area contributed by atoms with Crippen LogP contribution in [0.5, 0.6) is 0 Å². The van der Waals surface area contributed by atoms with Gasteiger partial charge in [0.1, 0.15) is 0 Å². The Balaban J connectivity index is 1.47. The SMILES string of the molecule is CCN(CCCCN1CCCCCC1)C(C)Cc1ccc(S(=O)(=O)c2nccs2)cc1. The van der Waals surface area contributed by atoms with Crippen molar-refractivity contribution in [1.82, 2.24) is 14.8 Å². The van der Waals surface area contributed by atoms with E-state index in [9.17, 15) is 8.42 Å². The summed E-state index contributed by atoms with van der Waals surface area (Å²) < 4.78 is 25.4. The van der Waals surface area contributed by atoms with Crippen molar-refractivity contribution in [2.45, 2.75) is 74.1 Å². The molecule has 1 aliphatic rings. The number of hydrogen-bond donors (Lipinski definition) is 0. The molecule has 5 nitrogen and oxygen atoms in total. The molecular weight excluding hydrogens is 426 g/mol. The van der Waals surface area contributed by atoms with Crippen LogP contribution >= 0.6 is 11.3 Å². The lowest BCUT2D eigenvalue weighted by atomic mass is 10.1. The third-order valence-corrected chi connectivity index (χ3v) is 9.27. The minimum atomic E-state index is -3.50. The Kier molecular flexibility index (Phi) is 9.50. The number of sulfone groups is 1. The molecule has 0 saturated carbocycles. The average Bonchev–Trinajstić information content (AvgIpc) is 3.20. The van der Waals surface area contributed by atoms with Crippen molar-refractivity contribution in [1.29, 1.82) is 0 Å². The van der Waals surface area contributed by atoms with Crippen molar-refractivity contribution in [3.63, 3.8) is 0 Å². The van der Waals surface area contributed by atoms with E-state index >= 15 is 0 Å². The number of likely N-dealkylation sites (tertiary alicyclic amines) is 1. The minimum Gasteiger partial charge on any atom is -0.303 e. The normalized spacial score (nSPS) is 17.0. The fourth-order valence-corrected chi connectivity index (χ4v) is 6.64. The molecule has 1 saturated heterocycles. The Labute approximate surface area is 192 Å². The van der Waals surface area contributed by atoms with Crippen LogP contribution in [0.15, 0.2) is 45.1 Å². The van der Waals surface area contributed by atoms with Crippen LogP contribution in [0.2, 0.25) is 0 Å². The van der Waals surface area contributed by atoms with Crippen LogP contribution in [0.25, 0.3) is 0 Å². The number of unbranched alkanes of at least 4 members (excludes halogenated alkanes) is 1. The summed E-state index contributed by atoms with van der Waals surface area (Å²) in [5.41, 5.74) is 1.17. The van der Waals surface area contributed by atoms with E-state index in [1.807, 2.05) is 12.1 Å². The van der Waals surface area contributed by atoms with E-state index in [2.05, 4.69) is 28.6 Å². The Bertz CT molecular complexity index is 859. The molecule has 0 radical (unpaired) electrons. The number of thiazole rings is 1. The largest absolute Gasteiger partial charge is 0.303 e. The number of rotatable bonds is 11. The van der Waals surface area contributed by atoms with Gasteiger partial charge >= 0.3 is 0 Å². The Morgan fingerprint density at radius 3 is 2.42 bits per heavy atom. The molecule has 1 unspecified atom stereocenters. The summed E-state index contributed by atoms with van der Waals surface area (Å²) in [5.74, 6) is 0. The molecule has 0 spiro atoms. The van der Waals surface area contributed by atoms with E-state index in [0.29, 0.717) is 10.9 Å². The van der Waals surface area contributed by atoms with E-state index < -0.39 is 9.84 Å². The molecule has 0 N–H and O–H groups in total. The molecule has 1 atom stereocenters.